The lowest BCUT2D eigenvalue weighted by Gasteiger charge is -2.21. The Kier molecular flexibility index (Phi) is 15.0. The Labute approximate surface area is 188 Å². The molecule has 0 heterocycles. The summed E-state index contributed by atoms with van der Waals surface area (Å²) in [4.78, 5) is 24.9. The highest BCUT2D eigenvalue weighted by atomic mass is 16.4. The third kappa shape index (κ3) is 13.6. The Hall–Kier alpha value is -2.30. The van der Waals surface area contributed by atoms with Crippen LogP contribution < -0.4 is 4.90 Å². The normalized spacial score (nSPS) is 11.1. The molecule has 0 aliphatic carbocycles. The van der Waals surface area contributed by atoms with E-state index < -0.39 is 5.97 Å². The van der Waals surface area contributed by atoms with E-state index in [2.05, 4.69) is 19.1 Å². The van der Waals surface area contributed by atoms with Gasteiger partial charge in [0.25, 0.3) is 0 Å². The lowest BCUT2D eigenvalue weighted by molar-refractivity contribution is -0.136. The Balaban J connectivity index is 2.11. The summed E-state index contributed by atoms with van der Waals surface area (Å²) in [5.74, 6) is -1.15. The van der Waals surface area contributed by atoms with E-state index in [1.54, 1.807) is 12.1 Å². The summed E-state index contributed by atoms with van der Waals surface area (Å²) in [6, 6.07) is 6.05. The van der Waals surface area contributed by atoms with E-state index in [0.29, 0.717) is 12.1 Å². The molecule has 1 aromatic rings. The zero-order valence-electron chi connectivity index (χ0n) is 19.2. The van der Waals surface area contributed by atoms with E-state index in [1.807, 2.05) is 0 Å². The fourth-order valence-electron chi connectivity index (χ4n) is 3.57. The summed E-state index contributed by atoms with van der Waals surface area (Å²) in [5, 5.41) is 18.5. The van der Waals surface area contributed by atoms with Gasteiger partial charge in [-0.05, 0) is 56.4 Å². The van der Waals surface area contributed by atoms with Gasteiger partial charge in [-0.3, -0.25) is 9.59 Å². The zero-order chi connectivity index (χ0) is 22.7. The van der Waals surface area contributed by atoms with Gasteiger partial charge in [-0.2, -0.15) is 0 Å². The molecule has 2 N–H and O–H groups in total. The van der Waals surface area contributed by atoms with E-state index in [9.17, 15) is 14.7 Å². The van der Waals surface area contributed by atoms with Crippen molar-refractivity contribution in [3.05, 3.63) is 36.4 Å². The van der Waals surface area contributed by atoms with Crippen LogP contribution in [0.15, 0.2) is 36.4 Å². The van der Waals surface area contributed by atoms with Crippen molar-refractivity contribution in [2.24, 2.45) is 0 Å². The van der Waals surface area contributed by atoms with Crippen molar-refractivity contribution in [1.82, 2.24) is 0 Å². The molecule has 1 amide bonds. The number of carbonyl (C=O) groups excluding carboxylic acids is 1. The summed E-state index contributed by atoms with van der Waals surface area (Å²) >= 11 is 0. The largest absolute Gasteiger partial charge is 0.508 e. The number of nitrogens with zero attached hydrogens (tertiary/aromatic N) is 1. The van der Waals surface area contributed by atoms with Crippen LogP contribution in [0.25, 0.3) is 0 Å². The van der Waals surface area contributed by atoms with E-state index in [1.165, 1.54) is 68.4 Å². The van der Waals surface area contributed by atoms with E-state index in [-0.39, 0.29) is 18.2 Å². The molecule has 0 radical (unpaired) electrons. The minimum atomic E-state index is -1.05. The third-order valence-electron chi connectivity index (χ3n) is 5.41. The van der Waals surface area contributed by atoms with Crippen molar-refractivity contribution in [2.75, 3.05) is 11.4 Å². The van der Waals surface area contributed by atoms with Gasteiger partial charge in [-0.1, -0.05) is 70.4 Å². The van der Waals surface area contributed by atoms with Crippen LogP contribution >= 0.6 is 0 Å². The van der Waals surface area contributed by atoms with Crippen molar-refractivity contribution < 1.29 is 19.8 Å². The molecule has 0 unspecified atom stereocenters. The number of aromatic hydroxyl groups is 1. The Morgan fingerprint density at radius 3 is 1.87 bits per heavy atom. The van der Waals surface area contributed by atoms with Crippen molar-refractivity contribution in [2.45, 2.75) is 96.8 Å². The van der Waals surface area contributed by atoms with Crippen LogP contribution in [-0.4, -0.2) is 28.6 Å². The molecule has 0 aliphatic heterocycles. The highest BCUT2D eigenvalue weighted by molar-refractivity contribution is 5.97. The molecule has 1 rings (SSSR count). The van der Waals surface area contributed by atoms with Gasteiger partial charge in [0, 0.05) is 12.1 Å². The second-order valence-corrected chi connectivity index (χ2v) is 8.22. The number of carbonyl (C=O) groups is 2. The molecule has 0 spiro atoms. The fraction of sp³-hybridized carbons (Fsp3) is 0.615. The van der Waals surface area contributed by atoms with Gasteiger partial charge in [0.05, 0.1) is 0 Å². The maximum atomic E-state index is 12.5. The van der Waals surface area contributed by atoms with Gasteiger partial charge >= 0.3 is 5.97 Å². The average molecular weight is 432 g/mol. The van der Waals surface area contributed by atoms with Gasteiger partial charge in [-0.25, -0.2) is 0 Å². The van der Waals surface area contributed by atoms with Gasteiger partial charge in [-0.15, -0.1) is 0 Å². The molecule has 0 bridgehead atoms. The number of phenolic OH excluding ortho intramolecular Hbond substituents is 1. The lowest BCUT2D eigenvalue weighted by Crippen LogP contribution is -2.35. The number of aliphatic carboxylic acids is 1. The van der Waals surface area contributed by atoms with Crippen molar-refractivity contribution in [1.29, 1.82) is 0 Å². The Morgan fingerprint density at radius 1 is 0.806 bits per heavy atom. The number of carboxylic acid groups (broad SMARTS) is 1. The number of unbranched alkanes of at least 4 members (excludes halogenated alkanes) is 11. The topological polar surface area (TPSA) is 77.8 Å². The first-order valence-corrected chi connectivity index (χ1v) is 12.0. The SMILES string of the molecule is CCCCCCCCC=CCCCCCCCC(=O)N(CC(=O)O)c1ccc(O)cc1. The summed E-state index contributed by atoms with van der Waals surface area (Å²) < 4.78 is 0. The highest BCUT2D eigenvalue weighted by Crippen LogP contribution is 2.20. The molecular weight excluding hydrogens is 390 g/mol. The molecular formula is C26H41NO4. The molecule has 5 nitrogen and oxygen atoms in total. The van der Waals surface area contributed by atoms with Crippen LogP contribution in [0.1, 0.15) is 96.8 Å². The van der Waals surface area contributed by atoms with Crippen LogP contribution in [0, 0.1) is 0 Å². The van der Waals surface area contributed by atoms with E-state index in [0.717, 1.165) is 32.1 Å². The zero-order valence-corrected chi connectivity index (χ0v) is 19.2. The lowest BCUT2D eigenvalue weighted by atomic mass is 10.1. The van der Waals surface area contributed by atoms with E-state index in [4.69, 9.17) is 5.11 Å². The molecule has 0 saturated heterocycles. The Bertz CT molecular complexity index is 639. The third-order valence-corrected chi connectivity index (χ3v) is 5.41. The standard InChI is InChI=1S/C26H41NO4/c1-2-3-4-5-6-7-8-9-10-11-12-13-14-15-16-17-25(29)27(22-26(30)31)23-18-20-24(28)21-19-23/h9-10,18-21,28H,2-8,11-17,22H2,1H3,(H,30,31). The van der Waals surface area contributed by atoms with Crippen LogP contribution in [0.4, 0.5) is 5.69 Å². The predicted molar refractivity (Wildman–Crippen MR) is 128 cm³/mol. The molecule has 1 aromatic carbocycles. The minimum absolute atomic E-state index is 0.0868. The van der Waals surface area contributed by atoms with Crippen LogP contribution in [0.2, 0.25) is 0 Å². The van der Waals surface area contributed by atoms with Crippen molar-refractivity contribution in [3.63, 3.8) is 0 Å². The number of amides is 1. The molecule has 0 saturated carbocycles. The molecule has 0 aliphatic rings. The van der Waals surface area contributed by atoms with E-state index >= 15 is 0 Å². The maximum absolute atomic E-state index is 12.5. The van der Waals surface area contributed by atoms with Gasteiger partial charge in [0.2, 0.25) is 5.91 Å². The van der Waals surface area contributed by atoms with Crippen LogP contribution in [0.5, 0.6) is 5.75 Å². The number of rotatable bonds is 18. The number of allylic oxidation sites excluding steroid dienone is 2. The minimum Gasteiger partial charge on any atom is -0.508 e. The number of hydrogen-bond donors (Lipinski definition) is 2. The summed E-state index contributed by atoms with van der Waals surface area (Å²) in [6.45, 7) is 1.88. The van der Waals surface area contributed by atoms with Crippen molar-refractivity contribution in [3.8, 4) is 5.75 Å². The highest BCUT2D eigenvalue weighted by Gasteiger charge is 2.18. The second kappa shape index (κ2) is 17.4. The molecule has 174 valence electrons. The first-order valence-electron chi connectivity index (χ1n) is 12.0. The summed E-state index contributed by atoms with van der Waals surface area (Å²) in [5.41, 5.74) is 0.498. The number of carboxylic acids is 1. The molecule has 0 fully saturated rings. The second-order valence-electron chi connectivity index (χ2n) is 8.22. The maximum Gasteiger partial charge on any atom is 0.323 e. The molecule has 31 heavy (non-hydrogen) atoms. The number of phenols is 1. The smallest absolute Gasteiger partial charge is 0.323 e. The van der Waals surface area contributed by atoms with Gasteiger partial charge < -0.3 is 15.1 Å². The number of anilines is 1. The van der Waals surface area contributed by atoms with Gasteiger partial charge in [0.1, 0.15) is 12.3 Å². The molecule has 0 atom stereocenters. The molecule has 0 aromatic heterocycles. The summed E-state index contributed by atoms with van der Waals surface area (Å²) in [7, 11) is 0. The van der Waals surface area contributed by atoms with Crippen LogP contribution in [-0.2, 0) is 9.59 Å². The van der Waals surface area contributed by atoms with Crippen molar-refractivity contribution >= 4 is 17.6 Å². The van der Waals surface area contributed by atoms with Gasteiger partial charge in [0.15, 0.2) is 0 Å². The quantitative estimate of drug-likeness (QED) is 0.197. The first kappa shape index (κ1) is 26.7. The average Bonchev–Trinajstić information content (AvgIpc) is 2.75. The summed E-state index contributed by atoms with van der Waals surface area (Å²) in [6.07, 6.45) is 20.5. The number of benzene rings is 1. The fourth-order valence-corrected chi connectivity index (χ4v) is 3.57. The van der Waals surface area contributed by atoms with Crippen LogP contribution in [0.3, 0.4) is 0 Å². The Morgan fingerprint density at radius 2 is 1.32 bits per heavy atom. The monoisotopic (exact) mass is 431 g/mol. The predicted octanol–water partition coefficient (Wildman–Crippen LogP) is 6.85. The molecule has 5 heteroatoms. The first-order chi connectivity index (χ1) is 15.0. The number of hydrogen-bond acceptors (Lipinski definition) is 3.